The molecule has 13 heteroatoms. The maximum absolute atomic E-state index is 14.8. The molecule has 2 aliphatic rings. The second kappa shape index (κ2) is 11.6. The lowest BCUT2D eigenvalue weighted by atomic mass is 9.81. The molecule has 1 fully saturated rings. The molecular weight excluding hydrogens is 620 g/mol. The Hall–Kier alpha value is -5.04. The molecule has 1 aliphatic heterocycles. The largest absolute Gasteiger partial charge is 0.490 e. The molecule has 2 atom stereocenters. The van der Waals surface area contributed by atoms with Crippen molar-refractivity contribution in [3.63, 3.8) is 0 Å². The number of nitrogens with two attached hydrogens (primary N) is 1. The summed E-state index contributed by atoms with van der Waals surface area (Å²) in [5.41, 5.74) is 1.54. The maximum atomic E-state index is 14.8. The highest BCUT2D eigenvalue weighted by Gasteiger charge is 2.57. The predicted octanol–water partition coefficient (Wildman–Crippen LogP) is 5.11. The molecule has 1 aliphatic carbocycles. The van der Waals surface area contributed by atoms with E-state index in [0.29, 0.717) is 11.3 Å². The summed E-state index contributed by atoms with van der Waals surface area (Å²) in [6.45, 7) is 1.59. The van der Waals surface area contributed by atoms with Gasteiger partial charge in [0.15, 0.2) is 0 Å². The predicted molar refractivity (Wildman–Crippen MR) is 162 cm³/mol. The first-order valence-electron chi connectivity index (χ1n) is 14.8. The number of fused-ring (bicyclic) bond motifs is 1. The van der Waals surface area contributed by atoms with Gasteiger partial charge in [-0.2, -0.15) is 13.2 Å². The van der Waals surface area contributed by atoms with Crippen LogP contribution in [0.15, 0.2) is 66.9 Å². The van der Waals surface area contributed by atoms with Crippen LogP contribution in [0.25, 0.3) is 22.4 Å². The number of nitrogens with one attached hydrogen (secondary N) is 1. The van der Waals surface area contributed by atoms with E-state index in [1.54, 1.807) is 18.3 Å². The van der Waals surface area contributed by atoms with E-state index in [0.717, 1.165) is 42.3 Å². The fourth-order valence-electron chi connectivity index (χ4n) is 5.37. The molecule has 0 radical (unpaired) electrons. The Kier molecular flexibility index (Phi) is 7.91. The Morgan fingerprint density at radius 3 is 2.47 bits per heavy atom. The van der Waals surface area contributed by atoms with Crippen LogP contribution in [0.5, 0.6) is 11.5 Å². The second-order valence-corrected chi connectivity index (χ2v) is 11.9. The maximum Gasteiger partial charge on any atom is 0.424 e. The van der Waals surface area contributed by atoms with Crippen LogP contribution in [-0.2, 0) is 15.8 Å². The van der Waals surface area contributed by atoms with Crippen molar-refractivity contribution in [1.29, 1.82) is 0 Å². The number of carbonyl (C=O) groups excluding carboxylic acids is 2. The first-order valence-corrected chi connectivity index (χ1v) is 14.8. The number of carbonyl (C=O) groups is 2. The number of hydrogen-bond donors (Lipinski definition) is 3. The van der Waals surface area contributed by atoms with Gasteiger partial charge in [-0.15, -0.1) is 0 Å². The third-order valence-electron chi connectivity index (χ3n) is 8.49. The summed E-state index contributed by atoms with van der Waals surface area (Å²) in [5.74, 6) is -2.04. The Morgan fingerprint density at radius 2 is 1.83 bits per heavy atom. The van der Waals surface area contributed by atoms with E-state index in [4.69, 9.17) is 15.2 Å². The molecule has 3 heterocycles. The van der Waals surface area contributed by atoms with Crippen molar-refractivity contribution >= 4 is 11.8 Å². The van der Waals surface area contributed by atoms with Crippen molar-refractivity contribution in [3.8, 4) is 33.9 Å². The molecule has 9 nitrogen and oxygen atoms in total. The Bertz CT molecular complexity index is 1880. The summed E-state index contributed by atoms with van der Waals surface area (Å²) >= 11 is 0. The zero-order valence-corrected chi connectivity index (χ0v) is 25.3. The fourth-order valence-corrected chi connectivity index (χ4v) is 5.37. The molecule has 244 valence electrons. The number of aliphatic hydroxyl groups is 1. The summed E-state index contributed by atoms with van der Waals surface area (Å²) in [7, 11) is 0. The molecule has 47 heavy (non-hydrogen) atoms. The van der Waals surface area contributed by atoms with Crippen molar-refractivity contribution in [3.05, 3.63) is 95.2 Å². The van der Waals surface area contributed by atoms with Gasteiger partial charge in [0, 0.05) is 39.7 Å². The van der Waals surface area contributed by atoms with Gasteiger partial charge in [-0.3, -0.25) is 14.6 Å². The minimum atomic E-state index is -5.36. The molecule has 0 saturated heterocycles. The standard InChI is InChI=1S/C34H30F4N4O5/c1-18-23(4-3-13-40-18)24-12-7-20(14-26(24)47-22-10-11-22)30(43)41-16-33(45,34(36,37)38)27-15-25-29(46-17-32(25,2)31(39)44)28(42-27)19-5-8-21(35)9-6-19/h3-9,12-15,22,45H,10-11,16-17H2,1-2H3,(H2,39,44)(H,41,43)/t32-,33?/m0/s1. The quantitative estimate of drug-likeness (QED) is 0.214. The molecule has 4 aromatic rings. The molecule has 0 bridgehead atoms. The van der Waals surface area contributed by atoms with E-state index in [9.17, 15) is 32.3 Å². The van der Waals surface area contributed by atoms with Crippen LogP contribution in [0.4, 0.5) is 17.6 Å². The Labute approximate surface area is 266 Å². The zero-order chi connectivity index (χ0) is 33.7. The highest BCUT2D eigenvalue weighted by Crippen LogP contribution is 2.48. The molecule has 4 N–H and O–H groups in total. The molecule has 2 aromatic heterocycles. The minimum Gasteiger partial charge on any atom is -0.490 e. The van der Waals surface area contributed by atoms with Crippen LogP contribution in [0.1, 0.15) is 47.1 Å². The molecule has 2 aromatic carbocycles. The summed E-state index contributed by atoms with van der Waals surface area (Å²) in [5, 5.41) is 13.5. The van der Waals surface area contributed by atoms with E-state index in [1.807, 2.05) is 13.0 Å². The number of amides is 2. The highest BCUT2D eigenvalue weighted by atomic mass is 19.4. The van der Waals surface area contributed by atoms with Gasteiger partial charge in [-0.1, -0.05) is 6.07 Å². The van der Waals surface area contributed by atoms with Gasteiger partial charge >= 0.3 is 6.18 Å². The van der Waals surface area contributed by atoms with Crippen molar-refractivity contribution in [2.45, 2.75) is 50.0 Å². The number of alkyl halides is 3. The number of halogens is 4. The van der Waals surface area contributed by atoms with Gasteiger partial charge in [0.05, 0.1) is 18.3 Å². The van der Waals surface area contributed by atoms with E-state index < -0.39 is 47.1 Å². The normalized spacial score (nSPS) is 18.5. The van der Waals surface area contributed by atoms with Crippen LogP contribution in [0.2, 0.25) is 0 Å². The van der Waals surface area contributed by atoms with E-state index in [2.05, 4.69) is 15.3 Å². The van der Waals surface area contributed by atoms with E-state index >= 15 is 0 Å². The number of hydrogen-bond acceptors (Lipinski definition) is 7. The number of rotatable bonds is 9. The number of benzene rings is 2. The Morgan fingerprint density at radius 1 is 1.11 bits per heavy atom. The molecule has 1 saturated carbocycles. The van der Waals surface area contributed by atoms with Crippen LogP contribution in [0, 0.1) is 12.7 Å². The fraction of sp³-hybridized carbons (Fsp3) is 0.294. The smallest absolute Gasteiger partial charge is 0.424 e. The lowest BCUT2D eigenvalue weighted by Crippen LogP contribution is -2.51. The zero-order valence-electron chi connectivity index (χ0n) is 25.3. The lowest BCUT2D eigenvalue weighted by molar-refractivity contribution is -0.265. The minimum absolute atomic E-state index is 0.000847. The van der Waals surface area contributed by atoms with Crippen molar-refractivity contribution in [2.75, 3.05) is 13.2 Å². The van der Waals surface area contributed by atoms with Crippen molar-refractivity contribution in [2.24, 2.45) is 5.73 Å². The highest BCUT2D eigenvalue weighted by molar-refractivity contribution is 5.96. The summed E-state index contributed by atoms with van der Waals surface area (Å²) in [6.07, 6.45) is -2.10. The summed E-state index contributed by atoms with van der Waals surface area (Å²) in [4.78, 5) is 34.2. The summed E-state index contributed by atoms with van der Waals surface area (Å²) < 4.78 is 69.8. The molecule has 6 rings (SSSR count). The number of pyridine rings is 2. The topological polar surface area (TPSA) is 137 Å². The number of ether oxygens (including phenoxy) is 2. The van der Waals surface area contributed by atoms with E-state index in [1.165, 1.54) is 31.2 Å². The van der Waals surface area contributed by atoms with Crippen LogP contribution in [-0.4, -0.2) is 52.3 Å². The number of primary amides is 1. The third kappa shape index (κ3) is 5.86. The molecule has 2 amide bonds. The number of nitrogens with zero attached hydrogens (tertiary/aromatic N) is 2. The van der Waals surface area contributed by atoms with Crippen LogP contribution < -0.4 is 20.5 Å². The van der Waals surface area contributed by atoms with Crippen molar-refractivity contribution in [1.82, 2.24) is 15.3 Å². The molecule has 1 unspecified atom stereocenters. The van der Waals surface area contributed by atoms with Gasteiger partial charge in [0.25, 0.3) is 5.91 Å². The molecule has 0 spiro atoms. The van der Waals surface area contributed by atoms with E-state index in [-0.39, 0.29) is 40.8 Å². The van der Waals surface area contributed by atoms with Crippen molar-refractivity contribution < 1.29 is 41.7 Å². The number of aryl methyl sites for hydroxylation is 1. The first kappa shape index (κ1) is 31.9. The van der Waals surface area contributed by atoms with Crippen LogP contribution in [0.3, 0.4) is 0 Å². The molecular formula is C34H30F4N4O5. The van der Waals surface area contributed by atoms with Gasteiger partial charge < -0.3 is 25.6 Å². The average Bonchev–Trinajstić information content (AvgIpc) is 3.79. The average molecular weight is 651 g/mol. The monoisotopic (exact) mass is 650 g/mol. The van der Waals surface area contributed by atoms with Gasteiger partial charge in [-0.05, 0) is 81.3 Å². The van der Waals surface area contributed by atoms with Gasteiger partial charge in [-0.25, -0.2) is 9.37 Å². The second-order valence-electron chi connectivity index (χ2n) is 11.9. The van der Waals surface area contributed by atoms with Gasteiger partial charge in [0.2, 0.25) is 11.5 Å². The number of aromatic nitrogens is 2. The Balaban J connectivity index is 1.37. The SMILES string of the molecule is Cc1ncccc1-c1ccc(C(=O)NCC(O)(c2cc3c(c(-c4ccc(F)cc4)n2)OC[C@]3(C)C(N)=O)C(F)(F)F)cc1OC1CC1. The van der Waals surface area contributed by atoms with Gasteiger partial charge in [0.1, 0.15) is 35.0 Å². The van der Waals surface area contributed by atoms with Crippen LogP contribution >= 0.6 is 0 Å². The first-order chi connectivity index (χ1) is 22.2. The summed E-state index contributed by atoms with van der Waals surface area (Å²) in [6, 6.07) is 13.7. The third-order valence-corrected chi connectivity index (χ3v) is 8.49. The lowest BCUT2D eigenvalue weighted by Gasteiger charge is -2.31.